The summed E-state index contributed by atoms with van der Waals surface area (Å²) in [6, 6.07) is 0. The number of ether oxygens (including phenoxy) is 3. The van der Waals surface area contributed by atoms with E-state index in [1.807, 2.05) is 0 Å². The molecule has 14 nitrogen and oxygen atoms in total. The minimum Gasteiger partial charge on any atom is -0.481 e. The monoisotopic (exact) mass is 1490 g/mol. The zero-order valence-corrected chi connectivity index (χ0v) is 70.5. The van der Waals surface area contributed by atoms with Crippen LogP contribution in [0.3, 0.4) is 0 Å². The maximum Gasteiger partial charge on any atom is 0.306 e. The van der Waals surface area contributed by atoms with Crippen LogP contribution in [-0.4, -0.2) is 121 Å². The number of carbonyl (C=O) groups is 6. The van der Waals surface area contributed by atoms with Crippen molar-refractivity contribution in [1.82, 2.24) is 20.4 Å². The van der Waals surface area contributed by atoms with E-state index in [4.69, 9.17) is 19.3 Å². The maximum atomic E-state index is 13.2. The minimum atomic E-state index is -0.735. The third-order valence-corrected chi connectivity index (χ3v) is 21.7. The fraction of sp³-hybridized carbons (Fsp3) is 0.934. The number of carboxylic acid groups (broad SMARTS) is 1. The third-order valence-electron chi connectivity index (χ3n) is 21.7. The quantitative estimate of drug-likeness (QED) is 0.0298. The lowest BCUT2D eigenvalue weighted by molar-refractivity contribution is -0.151. The number of carbonyl (C=O) groups excluding carboxylic acids is 5. The van der Waals surface area contributed by atoms with Crippen LogP contribution in [0.25, 0.3) is 0 Å². The van der Waals surface area contributed by atoms with Crippen LogP contribution < -0.4 is 10.6 Å². The Morgan fingerprint density at radius 1 is 0.238 bits per heavy atom. The Morgan fingerprint density at radius 2 is 0.429 bits per heavy atom. The van der Waals surface area contributed by atoms with E-state index in [9.17, 15) is 28.8 Å². The van der Waals surface area contributed by atoms with Crippen LogP contribution in [0.5, 0.6) is 0 Å². The molecule has 0 heterocycles. The molecular formula is C91H176N4O10. The number of nitrogens with one attached hydrogen (secondary N) is 2. The van der Waals surface area contributed by atoms with Gasteiger partial charge in [0.15, 0.2) is 0 Å². The Kier molecular flexibility index (Phi) is 79.2. The van der Waals surface area contributed by atoms with Crippen molar-refractivity contribution in [2.45, 2.75) is 496 Å². The van der Waals surface area contributed by atoms with Gasteiger partial charge in [-0.3, -0.25) is 28.8 Å². The van der Waals surface area contributed by atoms with Crippen molar-refractivity contribution < 1.29 is 48.1 Å². The highest BCUT2D eigenvalue weighted by atomic mass is 16.6. The second kappa shape index (κ2) is 81.7. The van der Waals surface area contributed by atoms with Crippen molar-refractivity contribution >= 4 is 35.7 Å². The highest BCUT2D eigenvalue weighted by Gasteiger charge is 2.19. The molecule has 2 amide bonds. The number of hydrogen-bond acceptors (Lipinski definition) is 11. The number of hydrogen-bond donors (Lipinski definition) is 3. The molecule has 620 valence electrons. The fourth-order valence-corrected chi connectivity index (χ4v) is 14.8. The average molecular weight is 1490 g/mol. The van der Waals surface area contributed by atoms with Gasteiger partial charge in [0, 0.05) is 64.7 Å². The van der Waals surface area contributed by atoms with Crippen molar-refractivity contribution in [1.29, 1.82) is 0 Å². The Labute approximate surface area is 649 Å². The number of aliphatic carboxylic acids is 1. The van der Waals surface area contributed by atoms with Gasteiger partial charge in [0.2, 0.25) is 11.8 Å². The minimum absolute atomic E-state index is 0.0205. The first-order valence-corrected chi connectivity index (χ1v) is 46.2. The van der Waals surface area contributed by atoms with Gasteiger partial charge < -0.3 is 39.8 Å². The van der Waals surface area contributed by atoms with Gasteiger partial charge in [-0.15, -0.1) is 0 Å². The normalized spacial score (nSPS) is 11.7. The van der Waals surface area contributed by atoms with Crippen molar-refractivity contribution in [2.75, 3.05) is 52.4 Å². The van der Waals surface area contributed by atoms with Crippen LogP contribution in [0.15, 0.2) is 0 Å². The summed E-state index contributed by atoms with van der Waals surface area (Å²) in [4.78, 5) is 81.7. The van der Waals surface area contributed by atoms with Crippen molar-refractivity contribution in [3.05, 3.63) is 0 Å². The predicted molar refractivity (Wildman–Crippen MR) is 444 cm³/mol. The van der Waals surface area contributed by atoms with E-state index in [1.165, 1.54) is 193 Å². The number of rotatable bonds is 86. The van der Waals surface area contributed by atoms with Gasteiger partial charge in [-0.05, 0) is 155 Å². The molecule has 0 radical (unpaired) electrons. The second-order valence-corrected chi connectivity index (χ2v) is 32.0. The predicted octanol–water partition coefficient (Wildman–Crippen LogP) is 25.3. The highest BCUT2D eigenvalue weighted by Crippen LogP contribution is 2.23. The highest BCUT2D eigenvalue weighted by molar-refractivity contribution is 5.83. The second-order valence-electron chi connectivity index (χ2n) is 32.0. The Balaban J connectivity index is 5.41. The van der Waals surface area contributed by atoms with Crippen LogP contribution in [0, 0.1) is 0 Å². The molecular weight excluding hydrogens is 1310 g/mol. The summed E-state index contributed by atoms with van der Waals surface area (Å²) in [5, 5.41) is 15.3. The van der Waals surface area contributed by atoms with E-state index in [0.29, 0.717) is 38.8 Å². The summed E-state index contributed by atoms with van der Waals surface area (Å²) in [7, 11) is 0. The lowest BCUT2D eigenvalue weighted by Crippen LogP contribution is -2.37. The largest absolute Gasteiger partial charge is 0.481 e. The van der Waals surface area contributed by atoms with Gasteiger partial charge in [0.05, 0.1) is 0 Å². The van der Waals surface area contributed by atoms with E-state index < -0.39 is 5.97 Å². The van der Waals surface area contributed by atoms with E-state index in [2.05, 4.69) is 62.0 Å². The molecule has 14 heteroatoms. The molecule has 0 bridgehead atoms. The van der Waals surface area contributed by atoms with Gasteiger partial charge in [-0.1, -0.05) is 311 Å². The molecule has 0 aromatic heterocycles. The SMILES string of the molecule is CCCCCCCCC(CCCCCCCC)OC(=O)CCCCCCCN(CCCCCCCC(=O)O)CCNC(=O)CCC(=O)NCCN(CCCCCCCC(=O)OC(CCCCCCCC)CCCCCCCC)CCCCCCCC(=O)OC(CCCCCCCC)CCCCCCCC. The number of nitrogens with zero attached hydrogens (tertiary/aromatic N) is 2. The first-order chi connectivity index (χ1) is 51.4. The number of carboxylic acids is 1. The number of unbranched alkanes of at least 4 members (excludes halogenated alkanes) is 46. The molecule has 0 aliphatic heterocycles. The molecule has 0 rings (SSSR count). The molecule has 0 aliphatic rings. The van der Waals surface area contributed by atoms with Crippen molar-refractivity contribution in [3.63, 3.8) is 0 Å². The summed E-state index contributed by atoms with van der Waals surface area (Å²) < 4.78 is 18.4. The molecule has 0 aromatic rings. The number of esters is 3. The number of amides is 2. The van der Waals surface area contributed by atoms with Crippen molar-refractivity contribution in [2.24, 2.45) is 0 Å². The molecule has 0 unspecified atom stereocenters. The van der Waals surface area contributed by atoms with Gasteiger partial charge in [-0.25, -0.2) is 0 Å². The molecule has 0 aromatic carbocycles. The van der Waals surface area contributed by atoms with Crippen LogP contribution in [0.2, 0.25) is 0 Å². The smallest absolute Gasteiger partial charge is 0.306 e. The Hall–Kier alpha value is -3.26. The summed E-state index contributed by atoms with van der Waals surface area (Å²) >= 11 is 0. The first-order valence-electron chi connectivity index (χ1n) is 46.2. The van der Waals surface area contributed by atoms with Gasteiger partial charge in [0.1, 0.15) is 18.3 Å². The van der Waals surface area contributed by atoms with E-state index in [0.717, 1.165) is 238 Å². The van der Waals surface area contributed by atoms with E-state index in [1.54, 1.807) is 0 Å². The maximum absolute atomic E-state index is 13.2. The lowest BCUT2D eigenvalue weighted by atomic mass is 10.0. The van der Waals surface area contributed by atoms with Crippen molar-refractivity contribution in [3.8, 4) is 0 Å². The van der Waals surface area contributed by atoms with Gasteiger partial charge >= 0.3 is 23.9 Å². The van der Waals surface area contributed by atoms with Crippen LogP contribution in [0.1, 0.15) is 478 Å². The summed E-state index contributed by atoms with van der Waals surface area (Å²) in [6.45, 7) is 19.8. The standard InChI is InChI=1S/C91H176N4O10/c1-7-13-19-25-35-49-63-83(64-50-36-26-20-14-8-2)103-89(100)70-56-42-32-46-60-78-94(77-59-45-31-41-55-69-88(98)99)81-75-92-86(96)73-74-87(97)93-76-82-95(79-61-47-33-43-57-71-90(101)104-84(65-51-37-27-21-15-9-3)66-52-38-28-22-16-10-4)80-62-48-34-44-58-72-91(102)105-85(67-53-39-29-23-17-11-5)68-54-40-30-24-18-12-6/h83-85H,7-82H2,1-6H3,(H,92,96)(H,93,97)(H,98,99). The summed E-state index contributed by atoms with van der Waals surface area (Å²) in [6.07, 6.45) is 73.2. The zero-order chi connectivity index (χ0) is 76.6. The Morgan fingerprint density at radius 3 is 0.648 bits per heavy atom. The zero-order valence-electron chi connectivity index (χ0n) is 70.5. The van der Waals surface area contributed by atoms with Gasteiger partial charge in [0.25, 0.3) is 0 Å². The average Bonchev–Trinajstić information content (AvgIpc) is 1.22. The Bertz CT molecular complexity index is 1800. The first kappa shape index (κ1) is 102. The summed E-state index contributed by atoms with van der Waals surface area (Å²) in [5.41, 5.74) is 0. The molecule has 0 saturated heterocycles. The van der Waals surface area contributed by atoms with Gasteiger partial charge in [-0.2, -0.15) is 0 Å². The van der Waals surface area contributed by atoms with Crippen LogP contribution >= 0.6 is 0 Å². The lowest BCUT2D eigenvalue weighted by Gasteiger charge is -2.23. The molecule has 0 fully saturated rings. The van der Waals surface area contributed by atoms with E-state index >= 15 is 0 Å². The third kappa shape index (κ3) is 75.9. The molecule has 0 saturated carbocycles. The molecule has 105 heavy (non-hydrogen) atoms. The molecule has 0 spiro atoms. The molecule has 3 N–H and O–H groups in total. The van der Waals surface area contributed by atoms with Crippen LogP contribution in [0.4, 0.5) is 0 Å². The van der Waals surface area contributed by atoms with E-state index in [-0.39, 0.29) is 67.3 Å². The molecule has 0 aliphatic carbocycles. The fourth-order valence-electron chi connectivity index (χ4n) is 14.8. The summed E-state index contributed by atoms with van der Waals surface area (Å²) in [5.74, 6) is -1.02. The van der Waals surface area contributed by atoms with Crippen LogP contribution in [-0.2, 0) is 43.0 Å². The molecule has 0 atom stereocenters. The topological polar surface area (TPSA) is 181 Å².